The maximum Gasteiger partial charge on any atom is 0.263 e. The molecule has 3 aromatic rings. The molecule has 0 bridgehead atoms. The average molecular weight is 392 g/mol. The standard InChI is InChI=1S/C24H25FN2O2/c1-2-23(29-20-12-11-18-7-3-4-8-19(18)17-20)24(28)27-15-13-26(14-16-27)22-10-6-5-9-21(22)25/h3-12,17,23H,2,13-16H2,1H3/t23-/m0/s1. The molecule has 5 heteroatoms. The number of halogens is 1. The lowest BCUT2D eigenvalue weighted by Gasteiger charge is -2.37. The van der Waals surface area contributed by atoms with Gasteiger partial charge < -0.3 is 14.5 Å². The van der Waals surface area contributed by atoms with E-state index in [4.69, 9.17) is 4.74 Å². The number of amides is 1. The average Bonchev–Trinajstić information content (AvgIpc) is 2.77. The molecule has 4 rings (SSSR count). The van der Waals surface area contributed by atoms with Crippen molar-refractivity contribution in [2.75, 3.05) is 31.1 Å². The topological polar surface area (TPSA) is 32.8 Å². The number of para-hydroxylation sites is 1. The second-order valence-electron chi connectivity index (χ2n) is 7.29. The zero-order chi connectivity index (χ0) is 20.2. The molecule has 1 atom stereocenters. The van der Waals surface area contributed by atoms with Gasteiger partial charge in [0.25, 0.3) is 5.91 Å². The van der Waals surface area contributed by atoms with Crippen molar-refractivity contribution in [2.24, 2.45) is 0 Å². The summed E-state index contributed by atoms with van der Waals surface area (Å²) in [7, 11) is 0. The van der Waals surface area contributed by atoms with Gasteiger partial charge in [0, 0.05) is 26.2 Å². The van der Waals surface area contributed by atoms with Crippen molar-refractivity contribution in [1.82, 2.24) is 4.90 Å². The third kappa shape index (κ3) is 4.19. The van der Waals surface area contributed by atoms with Gasteiger partial charge in [0.05, 0.1) is 5.69 Å². The number of carbonyl (C=O) groups is 1. The Hall–Kier alpha value is -3.08. The molecule has 1 fully saturated rings. The molecular weight excluding hydrogens is 367 g/mol. The van der Waals surface area contributed by atoms with E-state index < -0.39 is 6.10 Å². The van der Waals surface area contributed by atoms with Crippen molar-refractivity contribution >= 4 is 22.4 Å². The molecule has 4 nitrogen and oxygen atoms in total. The third-order valence-electron chi connectivity index (χ3n) is 5.43. The zero-order valence-electron chi connectivity index (χ0n) is 16.6. The molecule has 1 heterocycles. The Morgan fingerprint density at radius 2 is 1.66 bits per heavy atom. The van der Waals surface area contributed by atoms with E-state index in [1.165, 1.54) is 6.07 Å². The fourth-order valence-electron chi connectivity index (χ4n) is 3.79. The van der Waals surface area contributed by atoms with Crippen molar-refractivity contribution < 1.29 is 13.9 Å². The minimum atomic E-state index is -0.517. The van der Waals surface area contributed by atoms with Gasteiger partial charge in [0.15, 0.2) is 6.10 Å². The van der Waals surface area contributed by atoms with Crippen LogP contribution in [0.15, 0.2) is 66.7 Å². The smallest absolute Gasteiger partial charge is 0.263 e. The monoisotopic (exact) mass is 392 g/mol. The first-order valence-corrected chi connectivity index (χ1v) is 10.1. The zero-order valence-corrected chi connectivity index (χ0v) is 16.6. The highest BCUT2D eigenvalue weighted by Gasteiger charge is 2.28. The minimum Gasteiger partial charge on any atom is -0.481 e. The van der Waals surface area contributed by atoms with Gasteiger partial charge in [-0.05, 0) is 41.5 Å². The highest BCUT2D eigenvalue weighted by atomic mass is 19.1. The van der Waals surface area contributed by atoms with Crippen LogP contribution in [0.1, 0.15) is 13.3 Å². The summed E-state index contributed by atoms with van der Waals surface area (Å²) in [6.45, 7) is 4.30. The molecule has 0 aromatic heterocycles. The van der Waals surface area contributed by atoms with Gasteiger partial charge in [-0.1, -0.05) is 49.4 Å². The lowest BCUT2D eigenvalue weighted by Crippen LogP contribution is -2.52. The van der Waals surface area contributed by atoms with Gasteiger partial charge in [0.2, 0.25) is 0 Å². The van der Waals surface area contributed by atoms with Crippen LogP contribution < -0.4 is 9.64 Å². The number of fused-ring (bicyclic) bond motifs is 1. The van der Waals surface area contributed by atoms with Gasteiger partial charge >= 0.3 is 0 Å². The summed E-state index contributed by atoms with van der Waals surface area (Å²) in [6, 6.07) is 20.7. The van der Waals surface area contributed by atoms with Gasteiger partial charge in [-0.3, -0.25) is 4.79 Å². The molecule has 0 aliphatic carbocycles. The Balaban J connectivity index is 1.40. The molecule has 3 aromatic carbocycles. The second kappa shape index (κ2) is 8.52. The summed E-state index contributed by atoms with van der Waals surface area (Å²) in [5.74, 6) is 0.473. The van der Waals surface area contributed by atoms with Gasteiger partial charge in [-0.2, -0.15) is 0 Å². The van der Waals surface area contributed by atoms with E-state index in [0.29, 0.717) is 44.0 Å². The second-order valence-corrected chi connectivity index (χ2v) is 7.29. The maximum atomic E-state index is 14.0. The summed E-state index contributed by atoms with van der Waals surface area (Å²) in [6.07, 6.45) is 0.0790. The summed E-state index contributed by atoms with van der Waals surface area (Å²) in [4.78, 5) is 16.8. The third-order valence-corrected chi connectivity index (χ3v) is 5.43. The molecule has 1 amide bonds. The summed E-state index contributed by atoms with van der Waals surface area (Å²) < 4.78 is 20.1. The van der Waals surface area contributed by atoms with Crippen LogP contribution in [0.4, 0.5) is 10.1 Å². The molecule has 150 valence electrons. The Labute approximate surface area is 170 Å². The number of ether oxygens (including phenoxy) is 1. The quantitative estimate of drug-likeness (QED) is 0.642. The molecule has 0 radical (unpaired) electrons. The largest absolute Gasteiger partial charge is 0.481 e. The Morgan fingerprint density at radius 1 is 0.966 bits per heavy atom. The number of rotatable bonds is 5. The van der Waals surface area contributed by atoms with E-state index in [-0.39, 0.29) is 11.7 Å². The van der Waals surface area contributed by atoms with Crippen molar-refractivity contribution in [3.05, 3.63) is 72.5 Å². The first kappa shape index (κ1) is 19.2. The van der Waals surface area contributed by atoms with E-state index in [1.807, 2.05) is 59.2 Å². The van der Waals surface area contributed by atoms with Gasteiger partial charge in [-0.15, -0.1) is 0 Å². The van der Waals surface area contributed by atoms with Crippen LogP contribution in [-0.4, -0.2) is 43.1 Å². The fourth-order valence-corrected chi connectivity index (χ4v) is 3.79. The Morgan fingerprint density at radius 3 is 2.38 bits per heavy atom. The Kier molecular flexibility index (Phi) is 5.65. The number of piperazine rings is 1. The number of benzene rings is 3. The van der Waals surface area contributed by atoms with Crippen LogP contribution in [-0.2, 0) is 4.79 Å². The van der Waals surface area contributed by atoms with Gasteiger partial charge in [0.1, 0.15) is 11.6 Å². The summed E-state index contributed by atoms with van der Waals surface area (Å²) >= 11 is 0. The van der Waals surface area contributed by atoms with Crippen LogP contribution in [0, 0.1) is 5.82 Å². The van der Waals surface area contributed by atoms with Gasteiger partial charge in [-0.25, -0.2) is 4.39 Å². The number of hydrogen-bond acceptors (Lipinski definition) is 3. The van der Waals surface area contributed by atoms with Crippen molar-refractivity contribution in [1.29, 1.82) is 0 Å². The van der Waals surface area contributed by atoms with E-state index in [2.05, 4.69) is 6.07 Å². The molecule has 1 aliphatic rings. The van der Waals surface area contributed by atoms with Crippen molar-refractivity contribution in [3.8, 4) is 5.75 Å². The predicted octanol–water partition coefficient (Wildman–Crippen LogP) is 4.49. The number of hydrogen-bond donors (Lipinski definition) is 0. The van der Waals surface area contributed by atoms with Crippen molar-refractivity contribution in [2.45, 2.75) is 19.4 Å². The Bertz CT molecular complexity index is 999. The lowest BCUT2D eigenvalue weighted by atomic mass is 10.1. The lowest BCUT2D eigenvalue weighted by molar-refractivity contribution is -0.139. The normalized spacial score (nSPS) is 15.4. The molecule has 0 spiro atoms. The molecule has 1 aliphatic heterocycles. The minimum absolute atomic E-state index is 0.00570. The molecule has 0 N–H and O–H groups in total. The predicted molar refractivity (Wildman–Crippen MR) is 114 cm³/mol. The first-order valence-electron chi connectivity index (χ1n) is 10.1. The number of anilines is 1. The number of carbonyl (C=O) groups excluding carboxylic acids is 1. The van der Waals surface area contributed by atoms with E-state index in [0.717, 1.165) is 10.8 Å². The highest BCUT2D eigenvalue weighted by Crippen LogP contribution is 2.24. The maximum absolute atomic E-state index is 14.0. The SMILES string of the molecule is CC[C@H](Oc1ccc2ccccc2c1)C(=O)N1CCN(c2ccccc2F)CC1. The van der Waals surface area contributed by atoms with E-state index >= 15 is 0 Å². The van der Waals surface area contributed by atoms with Crippen LogP contribution in [0.5, 0.6) is 5.75 Å². The summed E-state index contributed by atoms with van der Waals surface area (Å²) in [5.41, 5.74) is 0.596. The van der Waals surface area contributed by atoms with Crippen LogP contribution >= 0.6 is 0 Å². The van der Waals surface area contributed by atoms with E-state index in [9.17, 15) is 9.18 Å². The van der Waals surface area contributed by atoms with Crippen LogP contribution in [0.25, 0.3) is 10.8 Å². The highest BCUT2D eigenvalue weighted by molar-refractivity contribution is 5.84. The first-order chi connectivity index (χ1) is 14.2. The van der Waals surface area contributed by atoms with Crippen LogP contribution in [0.2, 0.25) is 0 Å². The summed E-state index contributed by atoms with van der Waals surface area (Å²) in [5, 5.41) is 2.23. The van der Waals surface area contributed by atoms with Crippen LogP contribution in [0.3, 0.4) is 0 Å². The number of nitrogens with zero attached hydrogens (tertiary/aromatic N) is 2. The van der Waals surface area contributed by atoms with Crippen molar-refractivity contribution in [3.63, 3.8) is 0 Å². The molecule has 0 saturated carbocycles. The molecular formula is C24H25FN2O2. The molecule has 1 saturated heterocycles. The molecule has 0 unspecified atom stereocenters. The van der Waals surface area contributed by atoms with E-state index in [1.54, 1.807) is 12.1 Å². The fraction of sp³-hybridized carbons (Fsp3) is 0.292. The molecule has 29 heavy (non-hydrogen) atoms.